The van der Waals surface area contributed by atoms with Crippen molar-refractivity contribution in [1.82, 2.24) is 9.80 Å². The first-order valence-electron chi connectivity index (χ1n) is 12.2. The van der Waals surface area contributed by atoms with Gasteiger partial charge in [0.1, 0.15) is 6.54 Å². The van der Waals surface area contributed by atoms with Crippen LogP contribution in [0.4, 0.5) is 0 Å². The maximum Gasteiger partial charge on any atom is 0.254 e. The van der Waals surface area contributed by atoms with Crippen LogP contribution in [0.3, 0.4) is 0 Å². The summed E-state index contributed by atoms with van der Waals surface area (Å²) in [4.78, 5) is 32.3. The molecule has 0 spiro atoms. The second-order valence-corrected chi connectivity index (χ2v) is 11.2. The summed E-state index contributed by atoms with van der Waals surface area (Å²) < 4.78 is 5.83. The molecule has 3 aromatic rings. The normalized spacial score (nSPS) is 19.2. The van der Waals surface area contributed by atoms with Crippen LogP contribution in [0, 0.1) is 6.92 Å². The van der Waals surface area contributed by atoms with Crippen molar-refractivity contribution < 1.29 is 14.3 Å². The summed E-state index contributed by atoms with van der Waals surface area (Å²) in [6.07, 6.45) is 2.57. The SMILES string of the molecule is Cc1ccccc1C(=O)N(CC(=O)N1CCc2sccc2C1c1ccc(Cl)cc1Cl)CC1CCCO1. The second kappa shape index (κ2) is 10.9. The highest BCUT2D eigenvalue weighted by Gasteiger charge is 2.36. The van der Waals surface area contributed by atoms with Gasteiger partial charge in [0.25, 0.3) is 5.91 Å². The van der Waals surface area contributed by atoms with Gasteiger partial charge < -0.3 is 14.5 Å². The Hall–Kier alpha value is -2.38. The molecule has 2 atom stereocenters. The van der Waals surface area contributed by atoms with Gasteiger partial charge in [-0.3, -0.25) is 9.59 Å². The molecular weight excluding hydrogens is 515 g/mol. The molecule has 0 saturated carbocycles. The summed E-state index contributed by atoms with van der Waals surface area (Å²) in [6.45, 7) is 3.54. The Balaban J connectivity index is 1.45. The van der Waals surface area contributed by atoms with Gasteiger partial charge in [-0.25, -0.2) is 0 Å². The van der Waals surface area contributed by atoms with Gasteiger partial charge in [0.2, 0.25) is 5.91 Å². The Labute approximate surface area is 225 Å². The lowest BCUT2D eigenvalue weighted by Crippen LogP contribution is -2.48. The minimum Gasteiger partial charge on any atom is -0.376 e. The van der Waals surface area contributed by atoms with Gasteiger partial charge in [-0.1, -0.05) is 47.5 Å². The quantitative estimate of drug-likeness (QED) is 0.374. The van der Waals surface area contributed by atoms with Crippen LogP contribution >= 0.6 is 34.5 Å². The van der Waals surface area contributed by atoms with Crippen LogP contribution in [0.1, 0.15) is 50.8 Å². The zero-order valence-corrected chi connectivity index (χ0v) is 22.4. The number of amides is 2. The average Bonchev–Trinajstić information content (AvgIpc) is 3.55. The fourth-order valence-electron chi connectivity index (χ4n) is 5.13. The second-order valence-electron chi connectivity index (χ2n) is 9.34. The third-order valence-electron chi connectivity index (χ3n) is 6.98. The molecule has 36 heavy (non-hydrogen) atoms. The van der Waals surface area contributed by atoms with E-state index in [1.165, 1.54) is 4.88 Å². The van der Waals surface area contributed by atoms with Crippen LogP contribution in [0.2, 0.25) is 10.0 Å². The molecule has 3 heterocycles. The first-order valence-corrected chi connectivity index (χ1v) is 13.8. The number of carbonyl (C=O) groups excluding carboxylic acids is 2. The highest BCUT2D eigenvalue weighted by Crippen LogP contribution is 2.41. The fourth-order valence-corrected chi connectivity index (χ4v) is 6.55. The zero-order chi connectivity index (χ0) is 25.2. The lowest BCUT2D eigenvalue weighted by atomic mass is 9.93. The van der Waals surface area contributed by atoms with Gasteiger partial charge >= 0.3 is 0 Å². The van der Waals surface area contributed by atoms with Crippen LogP contribution in [0.25, 0.3) is 0 Å². The van der Waals surface area contributed by atoms with Gasteiger partial charge in [-0.05, 0) is 72.5 Å². The summed E-state index contributed by atoms with van der Waals surface area (Å²) in [5.74, 6) is -0.256. The summed E-state index contributed by atoms with van der Waals surface area (Å²) in [7, 11) is 0. The van der Waals surface area contributed by atoms with Crippen LogP contribution in [-0.2, 0) is 16.0 Å². The number of halogens is 2. The number of rotatable bonds is 6. The van der Waals surface area contributed by atoms with Crippen molar-refractivity contribution in [3.8, 4) is 0 Å². The van der Waals surface area contributed by atoms with Crippen LogP contribution < -0.4 is 0 Å². The van der Waals surface area contributed by atoms with E-state index in [9.17, 15) is 9.59 Å². The fraction of sp³-hybridized carbons (Fsp3) is 0.357. The molecule has 2 aliphatic heterocycles. The predicted molar refractivity (Wildman–Crippen MR) is 144 cm³/mol. The number of benzene rings is 2. The first-order chi connectivity index (χ1) is 17.4. The maximum atomic E-state index is 13.9. The van der Waals surface area contributed by atoms with Gasteiger partial charge in [0.05, 0.1) is 12.1 Å². The number of nitrogens with zero attached hydrogens (tertiary/aromatic N) is 2. The molecule has 2 aliphatic rings. The molecule has 5 rings (SSSR count). The van der Waals surface area contributed by atoms with E-state index in [0.29, 0.717) is 35.3 Å². The van der Waals surface area contributed by atoms with Crippen molar-refractivity contribution in [2.24, 2.45) is 0 Å². The van der Waals surface area contributed by atoms with Gasteiger partial charge in [0, 0.05) is 40.2 Å². The van der Waals surface area contributed by atoms with Gasteiger partial charge in [-0.15, -0.1) is 11.3 Å². The van der Waals surface area contributed by atoms with E-state index in [1.54, 1.807) is 28.4 Å². The lowest BCUT2D eigenvalue weighted by Gasteiger charge is -2.38. The molecular formula is C28H28Cl2N2O3S. The van der Waals surface area contributed by atoms with E-state index < -0.39 is 0 Å². The number of fused-ring (bicyclic) bond motifs is 1. The smallest absolute Gasteiger partial charge is 0.254 e. The van der Waals surface area contributed by atoms with Crippen LogP contribution in [-0.4, -0.2) is 54.0 Å². The van der Waals surface area contributed by atoms with E-state index in [2.05, 4.69) is 11.4 Å². The molecule has 2 unspecified atom stereocenters. The highest BCUT2D eigenvalue weighted by molar-refractivity contribution is 7.10. The van der Waals surface area contributed by atoms with Crippen LogP contribution in [0.15, 0.2) is 53.9 Å². The van der Waals surface area contributed by atoms with Crippen molar-refractivity contribution in [2.45, 2.75) is 38.3 Å². The van der Waals surface area contributed by atoms with E-state index in [-0.39, 0.29) is 30.5 Å². The first kappa shape index (κ1) is 25.3. The number of ether oxygens (including phenoxy) is 1. The number of thiophene rings is 1. The molecule has 1 saturated heterocycles. The van der Waals surface area contributed by atoms with Gasteiger partial charge in [0.15, 0.2) is 0 Å². The zero-order valence-electron chi connectivity index (χ0n) is 20.1. The molecule has 188 valence electrons. The predicted octanol–water partition coefficient (Wildman–Crippen LogP) is 6.16. The molecule has 0 bridgehead atoms. The summed E-state index contributed by atoms with van der Waals surface area (Å²) in [5, 5.41) is 3.13. The van der Waals surface area contributed by atoms with Crippen molar-refractivity contribution >= 4 is 46.4 Å². The van der Waals surface area contributed by atoms with Crippen molar-refractivity contribution in [3.63, 3.8) is 0 Å². The molecule has 0 aliphatic carbocycles. The highest BCUT2D eigenvalue weighted by atomic mass is 35.5. The molecule has 2 amide bonds. The third-order valence-corrected chi connectivity index (χ3v) is 8.54. The lowest BCUT2D eigenvalue weighted by molar-refractivity contribution is -0.134. The standard InChI is InChI=1S/C28H28Cl2N2O3S/c1-18-5-2-3-7-21(18)28(34)31(16-20-6-4-13-35-20)17-26(33)32-12-10-25-23(11-14-36-25)27(32)22-9-8-19(29)15-24(22)30/h2-3,5,7-9,11,14-15,20,27H,4,6,10,12-13,16-17H2,1H3. The summed E-state index contributed by atoms with van der Waals surface area (Å²) in [6, 6.07) is 14.7. The number of carbonyl (C=O) groups is 2. The van der Waals surface area contributed by atoms with Gasteiger partial charge in [-0.2, -0.15) is 0 Å². The Bertz CT molecular complexity index is 1270. The minimum atomic E-state index is -0.324. The maximum absolute atomic E-state index is 13.9. The minimum absolute atomic E-state index is 0.0196. The van der Waals surface area contributed by atoms with E-state index in [4.69, 9.17) is 27.9 Å². The van der Waals surface area contributed by atoms with E-state index in [0.717, 1.165) is 36.0 Å². The van der Waals surface area contributed by atoms with Crippen molar-refractivity contribution in [3.05, 3.63) is 91.1 Å². The van der Waals surface area contributed by atoms with E-state index >= 15 is 0 Å². The Morgan fingerprint density at radius 2 is 1.97 bits per heavy atom. The molecule has 0 N–H and O–H groups in total. The third kappa shape index (κ3) is 5.18. The topological polar surface area (TPSA) is 49.9 Å². The summed E-state index contributed by atoms with van der Waals surface area (Å²) >= 11 is 14.5. The van der Waals surface area contributed by atoms with Crippen LogP contribution in [0.5, 0.6) is 0 Å². The molecule has 8 heteroatoms. The summed E-state index contributed by atoms with van der Waals surface area (Å²) in [5.41, 5.74) is 3.42. The molecule has 1 fully saturated rings. The molecule has 1 aromatic heterocycles. The number of aryl methyl sites for hydroxylation is 1. The Morgan fingerprint density at radius 3 is 2.72 bits per heavy atom. The molecule has 5 nitrogen and oxygen atoms in total. The van der Waals surface area contributed by atoms with Crippen molar-refractivity contribution in [1.29, 1.82) is 0 Å². The molecule has 0 radical (unpaired) electrons. The largest absolute Gasteiger partial charge is 0.376 e. The number of hydrogen-bond donors (Lipinski definition) is 0. The monoisotopic (exact) mass is 542 g/mol. The Kier molecular flexibility index (Phi) is 7.68. The number of hydrogen-bond acceptors (Lipinski definition) is 4. The Morgan fingerprint density at radius 1 is 1.14 bits per heavy atom. The van der Waals surface area contributed by atoms with Crippen molar-refractivity contribution in [2.75, 3.05) is 26.2 Å². The average molecular weight is 544 g/mol. The molecule has 2 aromatic carbocycles. The van der Waals surface area contributed by atoms with E-state index in [1.807, 2.05) is 42.2 Å².